The maximum Gasteiger partial charge on any atom is 0.220 e. The van der Waals surface area contributed by atoms with Gasteiger partial charge in [-0.2, -0.15) is 0 Å². The number of carbonyl (C=O) groups is 1. The molecule has 2 nitrogen and oxygen atoms in total. The Bertz CT molecular complexity index is 201. The number of amides is 1. The van der Waals surface area contributed by atoms with E-state index < -0.39 is 0 Å². The predicted molar refractivity (Wildman–Crippen MR) is 84.0 cm³/mol. The van der Waals surface area contributed by atoms with Crippen molar-refractivity contribution in [1.29, 1.82) is 0 Å². The molecule has 0 aliphatic heterocycles. The molecule has 1 amide bonds. The maximum atomic E-state index is 11.4. The van der Waals surface area contributed by atoms with E-state index in [1.54, 1.807) is 0 Å². The molecule has 0 heterocycles. The molecule has 0 fully saturated rings. The van der Waals surface area contributed by atoms with Crippen molar-refractivity contribution in [3.05, 3.63) is 6.92 Å². The first kappa shape index (κ1) is 18.5. The smallest absolute Gasteiger partial charge is 0.220 e. The minimum Gasteiger partial charge on any atom is -0.354 e. The zero-order valence-corrected chi connectivity index (χ0v) is 13.2. The minimum absolute atomic E-state index is 0.0280. The Morgan fingerprint density at radius 1 is 0.895 bits per heavy atom. The van der Waals surface area contributed by atoms with Gasteiger partial charge in [0.05, 0.1) is 0 Å². The van der Waals surface area contributed by atoms with E-state index in [0.717, 1.165) is 6.42 Å². The number of carbonyl (C=O) groups excluding carboxylic acids is 1. The topological polar surface area (TPSA) is 29.1 Å². The van der Waals surface area contributed by atoms with Crippen molar-refractivity contribution in [3.63, 3.8) is 0 Å². The van der Waals surface area contributed by atoms with Gasteiger partial charge in [-0.15, -0.1) is 0 Å². The van der Waals surface area contributed by atoms with Crippen molar-refractivity contribution in [2.45, 2.75) is 96.9 Å². The molecule has 2 heteroatoms. The zero-order chi connectivity index (χ0) is 14.3. The molecular weight excluding hydrogens is 234 g/mol. The van der Waals surface area contributed by atoms with Crippen LogP contribution in [0.15, 0.2) is 0 Å². The second kappa shape index (κ2) is 13.9. The molecule has 19 heavy (non-hydrogen) atoms. The molecule has 0 saturated heterocycles. The van der Waals surface area contributed by atoms with Gasteiger partial charge in [-0.05, 0) is 20.3 Å². The molecule has 1 unspecified atom stereocenters. The summed E-state index contributed by atoms with van der Waals surface area (Å²) in [6.07, 6.45) is 15.2. The van der Waals surface area contributed by atoms with E-state index in [4.69, 9.17) is 0 Å². The van der Waals surface area contributed by atoms with Gasteiger partial charge in [-0.3, -0.25) is 4.79 Å². The van der Waals surface area contributed by atoms with E-state index in [1.807, 2.05) is 6.92 Å². The maximum absolute atomic E-state index is 11.4. The molecule has 1 radical (unpaired) electrons. The van der Waals surface area contributed by atoms with Gasteiger partial charge in [0.1, 0.15) is 0 Å². The molecule has 0 rings (SSSR count). The molecule has 0 spiro atoms. The molecule has 0 saturated carbocycles. The quantitative estimate of drug-likeness (QED) is 0.467. The molecule has 1 N–H and O–H groups in total. The Morgan fingerprint density at radius 3 is 1.74 bits per heavy atom. The number of hydrogen-bond donors (Lipinski definition) is 1. The first-order chi connectivity index (χ1) is 9.16. The molecular formula is C17H34NO. The lowest BCUT2D eigenvalue weighted by Crippen LogP contribution is -2.29. The van der Waals surface area contributed by atoms with Gasteiger partial charge in [0.2, 0.25) is 5.91 Å². The van der Waals surface area contributed by atoms with Crippen LogP contribution in [0.4, 0.5) is 0 Å². The molecule has 0 aliphatic rings. The summed E-state index contributed by atoms with van der Waals surface area (Å²) < 4.78 is 0. The van der Waals surface area contributed by atoms with Crippen molar-refractivity contribution in [2.24, 2.45) is 0 Å². The largest absolute Gasteiger partial charge is 0.354 e. The lowest BCUT2D eigenvalue weighted by molar-refractivity contribution is -0.121. The lowest BCUT2D eigenvalue weighted by atomic mass is 10.1. The van der Waals surface area contributed by atoms with E-state index in [-0.39, 0.29) is 11.9 Å². The van der Waals surface area contributed by atoms with Crippen LogP contribution >= 0.6 is 0 Å². The molecule has 113 valence electrons. The van der Waals surface area contributed by atoms with Crippen LogP contribution in [0.25, 0.3) is 0 Å². The van der Waals surface area contributed by atoms with Crippen LogP contribution in [0, 0.1) is 6.92 Å². The first-order valence-corrected chi connectivity index (χ1v) is 8.29. The summed E-state index contributed by atoms with van der Waals surface area (Å²) in [5.74, 6) is 0.151. The van der Waals surface area contributed by atoms with Crippen LogP contribution in [0.2, 0.25) is 0 Å². The van der Waals surface area contributed by atoms with Crippen molar-refractivity contribution in [3.8, 4) is 0 Å². The standard InChI is InChI=1S/C17H34NO/c1-4-5-6-7-8-9-10-11-12-13-14-15-17(19)18-16(2)3/h16H,2,4-15H2,1,3H3,(H,18,19). The highest BCUT2D eigenvalue weighted by Gasteiger charge is 2.02. The Morgan fingerprint density at radius 2 is 1.32 bits per heavy atom. The van der Waals surface area contributed by atoms with E-state index in [0.29, 0.717) is 6.42 Å². The van der Waals surface area contributed by atoms with Gasteiger partial charge in [-0.25, -0.2) is 0 Å². The molecule has 0 aromatic carbocycles. The van der Waals surface area contributed by atoms with E-state index >= 15 is 0 Å². The second-order valence-corrected chi connectivity index (χ2v) is 5.75. The fraction of sp³-hybridized carbons (Fsp3) is 0.882. The summed E-state index contributed by atoms with van der Waals surface area (Å²) in [4.78, 5) is 11.4. The Labute approximate surface area is 120 Å². The predicted octanol–water partition coefficient (Wildman–Crippen LogP) is 5.03. The lowest BCUT2D eigenvalue weighted by Gasteiger charge is -2.07. The van der Waals surface area contributed by atoms with Gasteiger partial charge in [0.25, 0.3) is 0 Å². The third-order valence-corrected chi connectivity index (χ3v) is 3.41. The third-order valence-electron chi connectivity index (χ3n) is 3.41. The summed E-state index contributed by atoms with van der Waals surface area (Å²) >= 11 is 0. The van der Waals surface area contributed by atoms with E-state index in [2.05, 4.69) is 19.2 Å². The number of hydrogen-bond acceptors (Lipinski definition) is 1. The summed E-state index contributed by atoms with van der Waals surface area (Å²) in [7, 11) is 0. The second-order valence-electron chi connectivity index (χ2n) is 5.75. The van der Waals surface area contributed by atoms with Gasteiger partial charge in [0, 0.05) is 12.5 Å². The third kappa shape index (κ3) is 15.4. The first-order valence-electron chi connectivity index (χ1n) is 8.29. The fourth-order valence-electron chi connectivity index (χ4n) is 2.30. The average Bonchev–Trinajstić information content (AvgIpc) is 2.35. The summed E-state index contributed by atoms with van der Waals surface area (Å²) in [6, 6.07) is 0.0280. The average molecular weight is 268 g/mol. The fourth-order valence-corrected chi connectivity index (χ4v) is 2.30. The zero-order valence-electron chi connectivity index (χ0n) is 13.2. The minimum atomic E-state index is 0.0280. The van der Waals surface area contributed by atoms with Gasteiger partial charge < -0.3 is 5.32 Å². The van der Waals surface area contributed by atoms with Crippen LogP contribution in [0.5, 0.6) is 0 Å². The van der Waals surface area contributed by atoms with Crippen molar-refractivity contribution < 1.29 is 4.79 Å². The van der Waals surface area contributed by atoms with E-state index in [1.165, 1.54) is 64.2 Å². The summed E-state index contributed by atoms with van der Waals surface area (Å²) in [5.41, 5.74) is 0. The summed E-state index contributed by atoms with van der Waals surface area (Å²) in [6.45, 7) is 7.91. The molecule has 1 atom stereocenters. The highest BCUT2D eigenvalue weighted by molar-refractivity contribution is 5.76. The van der Waals surface area contributed by atoms with Crippen LogP contribution in [-0.2, 0) is 4.79 Å². The Hall–Kier alpha value is -0.530. The van der Waals surface area contributed by atoms with Gasteiger partial charge >= 0.3 is 0 Å². The van der Waals surface area contributed by atoms with Crippen molar-refractivity contribution in [1.82, 2.24) is 5.32 Å². The van der Waals surface area contributed by atoms with E-state index in [9.17, 15) is 4.79 Å². The Balaban J connectivity index is 3.08. The highest BCUT2D eigenvalue weighted by Crippen LogP contribution is 2.11. The Kier molecular flexibility index (Phi) is 13.5. The normalized spacial score (nSPS) is 10.9. The van der Waals surface area contributed by atoms with Crippen molar-refractivity contribution in [2.75, 3.05) is 0 Å². The monoisotopic (exact) mass is 268 g/mol. The van der Waals surface area contributed by atoms with Gasteiger partial charge in [-0.1, -0.05) is 71.1 Å². The highest BCUT2D eigenvalue weighted by atomic mass is 16.1. The molecule has 0 aromatic rings. The van der Waals surface area contributed by atoms with Crippen LogP contribution < -0.4 is 5.32 Å². The molecule has 0 aromatic heterocycles. The molecule has 0 aliphatic carbocycles. The SMILES string of the molecule is [CH2]C(C)NC(=O)CCCCCCCCCCCCC. The number of nitrogens with one attached hydrogen (secondary N) is 1. The molecule has 0 bridgehead atoms. The number of rotatable bonds is 13. The number of unbranched alkanes of at least 4 members (excludes halogenated alkanes) is 10. The van der Waals surface area contributed by atoms with Crippen LogP contribution in [0.1, 0.15) is 90.9 Å². The van der Waals surface area contributed by atoms with Gasteiger partial charge in [0.15, 0.2) is 0 Å². The van der Waals surface area contributed by atoms with Crippen molar-refractivity contribution >= 4 is 5.91 Å². The summed E-state index contributed by atoms with van der Waals surface area (Å²) in [5, 5.41) is 2.83. The van der Waals surface area contributed by atoms with Crippen LogP contribution in [-0.4, -0.2) is 11.9 Å². The van der Waals surface area contributed by atoms with Crippen LogP contribution in [0.3, 0.4) is 0 Å².